The fourth-order valence-electron chi connectivity index (χ4n) is 1.89. The molecule has 94 valence electrons. The average Bonchev–Trinajstić information content (AvgIpc) is 2.26. The van der Waals surface area contributed by atoms with Gasteiger partial charge in [0.1, 0.15) is 0 Å². The number of hydrogen-bond acceptors (Lipinski definition) is 3. The van der Waals surface area contributed by atoms with Crippen molar-refractivity contribution in [2.24, 2.45) is 5.41 Å². The van der Waals surface area contributed by atoms with E-state index in [1.807, 2.05) is 0 Å². The van der Waals surface area contributed by atoms with E-state index in [1.54, 1.807) is 13.8 Å². The molecule has 4 nitrogen and oxygen atoms in total. The van der Waals surface area contributed by atoms with Crippen LogP contribution in [0.4, 0.5) is 0 Å². The third-order valence-electron chi connectivity index (χ3n) is 3.42. The highest BCUT2D eigenvalue weighted by atomic mass is 16.5. The first-order valence-corrected chi connectivity index (χ1v) is 6.02. The molecule has 1 rings (SSSR count). The Kier molecular flexibility index (Phi) is 4.74. The van der Waals surface area contributed by atoms with Gasteiger partial charge in [0.2, 0.25) is 0 Å². The van der Waals surface area contributed by atoms with Crippen LogP contribution in [0.5, 0.6) is 0 Å². The van der Waals surface area contributed by atoms with Crippen LogP contribution in [-0.4, -0.2) is 48.3 Å². The number of morpholine rings is 1. The Labute approximate surface area is 97.6 Å². The standard InChI is InChI=1S/C12H23NO3/c1-4-10-9-16-8-7-13(10)6-5-12(2,3)11(14)15/h10H,4-9H2,1-3H3,(H,14,15). The van der Waals surface area contributed by atoms with Crippen LogP contribution in [0.15, 0.2) is 0 Å². The number of nitrogens with zero attached hydrogens (tertiary/aromatic N) is 1. The van der Waals surface area contributed by atoms with Crippen LogP contribution in [0.25, 0.3) is 0 Å². The molecule has 1 aliphatic rings. The Bertz CT molecular complexity index is 240. The monoisotopic (exact) mass is 229 g/mol. The molecule has 1 saturated heterocycles. The molecule has 0 aromatic carbocycles. The Balaban J connectivity index is 2.43. The number of aliphatic carboxylic acids is 1. The lowest BCUT2D eigenvalue weighted by Gasteiger charge is -2.36. The van der Waals surface area contributed by atoms with Gasteiger partial charge in [-0.05, 0) is 33.2 Å². The smallest absolute Gasteiger partial charge is 0.309 e. The van der Waals surface area contributed by atoms with Gasteiger partial charge < -0.3 is 9.84 Å². The van der Waals surface area contributed by atoms with Gasteiger partial charge in [-0.3, -0.25) is 9.69 Å². The molecular formula is C12H23NO3. The lowest BCUT2D eigenvalue weighted by molar-refractivity contribution is -0.147. The summed E-state index contributed by atoms with van der Waals surface area (Å²) in [5.41, 5.74) is -0.628. The van der Waals surface area contributed by atoms with Gasteiger partial charge in [-0.2, -0.15) is 0 Å². The third kappa shape index (κ3) is 3.46. The van der Waals surface area contributed by atoms with Crippen molar-refractivity contribution in [1.82, 2.24) is 4.90 Å². The zero-order chi connectivity index (χ0) is 12.2. The summed E-state index contributed by atoms with van der Waals surface area (Å²) in [6.07, 6.45) is 1.76. The highest BCUT2D eigenvalue weighted by Crippen LogP contribution is 2.22. The predicted molar refractivity (Wildman–Crippen MR) is 62.5 cm³/mol. The van der Waals surface area contributed by atoms with Crippen LogP contribution >= 0.6 is 0 Å². The van der Waals surface area contributed by atoms with Crippen LogP contribution < -0.4 is 0 Å². The first-order valence-electron chi connectivity index (χ1n) is 6.02. The van der Waals surface area contributed by atoms with E-state index < -0.39 is 11.4 Å². The molecule has 1 unspecified atom stereocenters. The molecule has 16 heavy (non-hydrogen) atoms. The van der Waals surface area contributed by atoms with E-state index in [2.05, 4.69) is 11.8 Å². The summed E-state index contributed by atoms with van der Waals surface area (Å²) in [6, 6.07) is 0.457. The molecule has 1 heterocycles. The number of rotatable bonds is 5. The quantitative estimate of drug-likeness (QED) is 0.778. The fourth-order valence-corrected chi connectivity index (χ4v) is 1.89. The van der Waals surface area contributed by atoms with E-state index in [1.165, 1.54) is 0 Å². The second-order valence-electron chi connectivity index (χ2n) is 5.11. The molecule has 0 aromatic rings. The van der Waals surface area contributed by atoms with Crippen molar-refractivity contribution in [2.75, 3.05) is 26.3 Å². The Morgan fingerprint density at radius 1 is 1.56 bits per heavy atom. The zero-order valence-electron chi connectivity index (χ0n) is 10.5. The molecule has 1 fully saturated rings. The summed E-state index contributed by atoms with van der Waals surface area (Å²) in [5, 5.41) is 9.05. The van der Waals surface area contributed by atoms with E-state index in [0.29, 0.717) is 12.5 Å². The van der Waals surface area contributed by atoms with Crippen LogP contribution in [0.2, 0.25) is 0 Å². The van der Waals surface area contributed by atoms with Crippen LogP contribution in [0.1, 0.15) is 33.6 Å². The minimum absolute atomic E-state index is 0.457. The summed E-state index contributed by atoms with van der Waals surface area (Å²) in [7, 11) is 0. The zero-order valence-corrected chi connectivity index (χ0v) is 10.5. The Morgan fingerprint density at radius 3 is 2.81 bits per heavy atom. The first kappa shape index (κ1) is 13.5. The summed E-state index contributed by atoms with van der Waals surface area (Å²) < 4.78 is 5.42. The van der Waals surface area contributed by atoms with Crippen LogP contribution in [0, 0.1) is 5.41 Å². The van der Waals surface area contributed by atoms with E-state index in [0.717, 1.165) is 32.7 Å². The van der Waals surface area contributed by atoms with E-state index in [9.17, 15) is 4.79 Å². The number of ether oxygens (including phenoxy) is 1. The van der Waals surface area contributed by atoms with Crippen molar-refractivity contribution in [1.29, 1.82) is 0 Å². The normalized spacial score (nSPS) is 23.3. The lowest BCUT2D eigenvalue weighted by atomic mass is 9.89. The first-order chi connectivity index (χ1) is 7.47. The fraction of sp³-hybridized carbons (Fsp3) is 0.917. The van der Waals surface area contributed by atoms with Gasteiger partial charge in [-0.25, -0.2) is 0 Å². The van der Waals surface area contributed by atoms with E-state index in [-0.39, 0.29) is 0 Å². The number of carboxylic acids is 1. The van der Waals surface area contributed by atoms with Gasteiger partial charge in [0.05, 0.1) is 18.6 Å². The molecule has 0 spiro atoms. The number of hydrogen-bond donors (Lipinski definition) is 1. The lowest BCUT2D eigenvalue weighted by Crippen LogP contribution is -2.46. The molecule has 0 radical (unpaired) electrons. The van der Waals surface area contributed by atoms with Gasteiger partial charge in [0.15, 0.2) is 0 Å². The molecule has 0 aromatic heterocycles. The molecule has 0 amide bonds. The Morgan fingerprint density at radius 2 is 2.25 bits per heavy atom. The van der Waals surface area contributed by atoms with Crippen molar-refractivity contribution in [3.05, 3.63) is 0 Å². The third-order valence-corrected chi connectivity index (χ3v) is 3.42. The predicted octanol–water partition coefficient (Wildman–Crippen LogP) is 1.60. The second-order valence-corrected chi connectivity index (χ2v) is 5.11. The van der Waals surface area contributed by atoms with Crippen molar-refractivity contribution in [3.63, 3.8) is 0 Å². The number of carbonyl (C=O) groups is 1. The molecule has 1 atom stereocenters. The molecule has 1 N–H and O–H groups in total. The molecular weight excluding hydrogens is 206 g/mol. The van der Waals surface area contributed by atoms with Gasteiger partial charge in [-0.15, -0.1) is 0 Å². The van der Waals surface area contributed by atoms with Crippen molar-refractivity contribution >= 4 is 5.97 Å². The Hall–Kier alpha value is -0.610. The van der Waals surface area contributed by atoms with Gasteiger partial charge in [0.25, 0.3) is 0 Å². The second kappa shape index (κ2) is 5.64. The van der Waals surface area contributed by atoms with Gasteiger partial charge >= 0.3 is 5.97 Å². The summed E-state index contributed by atoms with van der Waals surface area (Å²) in [6.45, 7) is 9.05. The van der Waals surface area contributed by atoms with Crippen molar-refractivity contribution < 1.29 is 14.6 Å². The van der Waals surface area contributed by atoms with E-state index in [4.69, 9.17) is 9.84 Å². The highest BCUT2D eigenvalue weighted by Gasteiger charge is 2.29. The topological polar surface area (TPSA) is 49.8 Å². The molecule has 0 aliphatic carbocycles. The van der Waals surface area contributed by atoms with Crippen molar-refractivity contribution in [3.8, 4) is 0 Å². The minimum Gasteiger partial charge on any atom is -0.481 e. The molecule has 1 aliphatic heterocycles. The number of carboxylic acid groups (broad SMARTS) is 1. The minimum atomic E-state index is -0.714. The summed E-state index contributed by atoms with van der Waals surface area (Å²) >= 11 is 0. The van der Waals surface area contributed by atoms with Crippen LogP contribution in [0.3, 0.4) is 0 Å². The SMILES string of the molecule is CCC1COCCN1CCC(C)(C)C(=O)O. The summed E-state index contributed by atoms with van der Waals surface area (Å²) in [4.78, 5) is 13.4. The molecule has 4 heteroatoms. The van der Waals surface area contributed by atoms with E-state index >= 15 is 0 Å². The molecule has 0 bridgehead atoms. The van der Waals surface area contributed by atoms with Gasteiger partial charge in [-0.1, -0.05) is 6.92 Å². The maximum absolute atomic E-state index is 11.0. The molecule has 0 saturated carbocycles. The van der Waals surface area contributed by atoms with Gasteiger partial charge in [0, 0.05) is 12.6 Å². The largest absolute Gasteiger partial charge is 0.481 e. The van der Waals surface area contributed by atoms with Crippen molar-refractivity contribution in [2.45, 2.75) is 39.7 Å². The maximum Gasteiger partial charge on any atom is 0.309 e. The average molecular weight is 229 g/mol. The highest BCUT2D eigenvalue weighted by molar-refractivity contribution is 5.73. The summed E-state index contributed by atoms with van der Waals surface area (Å²) in [5.74, 6) is -0.714. The van der Waals surface area contributed by atoms with Crippen LogP contribution in [-0.2, 0) is 9.53 Å². The maximum atomic E-state index is 11.0.